The molecule has 0 aliphatic heterocycles. The largest absolute Gasteiger partial charge is 0.370 e. The number of rotatable bonds is 5. The van der Waals surface area contributed by atoms with E-state index in [2.05, 4.69) is 29.9 Å². The summed E-state index contributed by atoms with van der Waals surface area (Å²) in [4.78, 5) is 12.6. The molecule has 0 fully saturated rings. The van der Waals surface area contributed by atoms with Gasteiger partial charge in [-0.3, -0.25) is 0 Å². The maximum Gasteiger partial charge on any atom is 0.254 e. The van der Waals surface area contributed by atoms with Crippen molar-refractivity contribution in [1.82, 2.24) is 29.1 Å². The molecule has 7 heteroatoms. The first-order valence-corrected chi connectivity index (χ1v) is 6.63. The van der Waals surface area contributed by atoms with Crippen molar-refractivity contribution in [2.75, 3.05) is 11.9 Å². The van der Waals surface area contributed by atoms with E-state index < -0.39 is 0 Å². The smallest absolute Gasteiger partial charge is 0.254 e. The van der Waals surface area contributed by atoms with Crippen molar-refractivity contribution in [3.63, 3.8) is 0 Å². The summed E-state index contributed by atoms with van der Waals surface area (Å²) in [7, 11) is 0. The molecular formula is C13H17N7. The Morgan fingerprint density at radius 2 is 2.15 bits per heavy atom. The van der Waals surface area contributed by atoms with Gasteiger partial charge < -0.3 is 9.88 Å². The first-order chi connectivity index (χ1) is 9.74. The van der Waals surface area contributed by atoms with Crippen LogP contribution in [0.2, 0.25) is 0 Å². The third-order valence-electron chi connectivity index (χ3n) is 3.19. The van der Waals surface area contributed by atoms with E-state index in [4.69, 9.17) is 0 Å². The number of hydrogen-bond donors (Lipinski definition) is 1. The molecule has 0 saturated carbocycles. The van der Waals surface area contributed by atoms with Gasteiger partial charge in [0.1, 0.15) is 18.0 Å². The van der Waals surface area contributed by atoms with Gasteiger partial charge in [0.05, 0.1) is 0 Å². The van der Waals surface area contributed by atoms with Gasteiger partial charge in [0, 0.05) is 37.2 Å². The number of nitrogens with zero attached hydrogens (tertiary/aromatic N) is 6. The van der Waals surface area contributed by atoms with Gasteiger partial charge in [-0.15, -0.1) is 0 Å². The highest BCUT2D eigenvalue weighted by Gasteiger charge is 2.04. The molecule has 0 bridgehead atoms. The molecular weight excluding hydrogens is 254 g/mol. The van der Waals surface area contributed by atoms with Gasteiger partial charge in [0.25, 0.3) is 5.78 Å². The van der Waals surface area contributed by atoms with Crippen LogP contribution in [-0.2, 0) is 6.54 Å². The van der Waals surface area contributed by atoms with Crippen molar-refractivity contribution >= 4 is 11.6 Å². The Morgan fingerprint density at radius 3 is 2.95 bits per heavy atom. The number of hydrogen-bond acceptors (Lipinski definition) is 5. The molecule has 0 atom stereocenters. The van der Waals surface area contributed by atoms with Gasteiger partial charge >= 0.3 is 0 Å². The third kappa shape index (κ3) is 2.47. The molecule has 0 radical (unpaired) electrons. The van der Waals surface area contributed by atoms with E-state index in [0.29, 0.717) is 5.78 Å². The molecule has 1 N–H and O–H groups in total. The second-order valence-corrected chi connectivity index (χ2v) is 4.70. The second-order valence-electron chi connectivity index (χ2n) is 4.70. The van der Waals surface area contributed by atoms with E-state index in [1.165, 1.54) is 6.33 Å². The van der Waals surface area contributed by atoms with Gasteiger partial charge in [0.2, 0.25) is 0 Å². The lowest BCUT2D eigenvalue weighted by Gasteiger charge is -2.09. The zero-order valence-corrected chi connectivity index (χ0v) is 11.6. The minimum atomic E-state index is 0.623. The Hall–Kier alpha value is -2.44. The van der Waals surface area contributed by atoms with Crippen LogP contribution in [0, 0.1) is 13.8 Å². The number of aromatic nitrogens is 6. The number of nitrogens with one attached hydrogen (secondary N) is 1. The molecule has 0 saturated heterocycles. The summed E-state index contributed by atoms with van der Waals surface area (Å²) in [5.41, 5.74) is 0.929. The zero-order valence-electron chi connectivity index (χ0n) is 11.6. The second kappa shape index (κ2) is 5.28. The maximum absolute atomic E-state index is 4.31. The zero-order chi connectivity index (χ0) is 13.9. The molecule has 104 valence electrons. The summed E-state index contributed by atoms with van der Waals surface area (Å²) >= 11 is 0. The summed E-state index contributed by atoms with van der Waals surface area (Å²) in [6.07, 6.45) is 6.35. The van der Waals surface area contributed by atoms with Crippen LogP contribution in [0.25, 0.3) is 5.78 Å². The number of fused-ring (bicyclic) bond motifs is 1. The number of anilines is 1. The van der Waals surface area contributed by atoms with Gasteiger partial charge in [-0.1, -0.05) is 0 Å². The minimum absolute atomic E-state index is 0.623. The van der Waals surface area contributed by atoms with Crippen molar-refractivity contribution in [2.24, 2.45) is 0 Å². The Bertz CT molecular complexity index is 712. The molecule has 3 aromatic rings. The predicted octanol–water partition coefficient (Wildman–Crippen LogP) is 1.44. The van der Waals surface area contributed by atoms with Crippen LogP contribution < -0.4 is 5.32 Å². The molecule has 0 spiro atoms. The van der Waals surface area contributed by atoms with Crippen LogP contribution in [0.15, 0.2) is 24.8 Å². The van der Waals surface area contributed by atoms with E-state index in [-0.39, 0.29) is 0 Å². The first-order valence-electron chi connectivity index (χ1n) is 6.63. The van der Waals surface area contributed by atoms with E-state index in [1.54, 1.807) is 4.52 Å². The van der Waals surface area contributed by atoms with Gasteiger partial charge in [-0.2, -0.15) is 14.6 Å². The Balaban J connectivity index is 1.62. The standard InChI is InChI=1S/C13H17N7/c1-10-8-12(20-13(18-10)16-9-17-20)15-4-3-6-19-7-5-14-11(19)2/h5,7-9,15H,3-4,6H2,1-2H3. The summed E-state index contributed by atoms with van der Waals surface area (Å²) in [6.45, 7) is 5.77. The van der Waals surface area contributed by atoms with Crippen molar-refractivity contribution in [3.05, 3.63) is 36.3 Å². The highest BCUT2D eigenvalue weighted by atomic mass is 15.3. The topological polar surface area (TPSA) is 72.9 Å². The van der Waals surface area contributed by atoms with Crippen molar-refractivity contribution in [3.8, 4) is 0 Å². The molecule has 0 aliphatic rings. The van der Waals surface area contributed by atoms with Crippen molar-refractivity contribution < 1.29 is 0 Å². The molecule has 0 aliphatic carbocycles. The molecule has 0 amide bonds. The molecule has 7 nitrogen and oxygen atoms in total. The highest BCUT2D eigenvalue weighted by Crippen LogP contribution is 2.10. The number of imidazole rings is 1. The van der Waals surface area contributed by atoms with Crippen LogP contribution in [0.3, 0.4) is 0 Å². The predicted molar refractivity (Wildman–Crippen MR) is 75.6 cm³/mol. The lowest BCUT2D eigenvalue weighted by Crippen LogP contribution is -2.11. The van der Waals surface area contributed by atoms with Gasteiger partial charge in [-0.25, -0.2) is 9.97 Å². The molecule has 3 rings (SSSR count). The average Bonchev–Trinajstić information content (AvgIpc) is 3.03. The monoisotopic (exact) mass is 271 g/mol. The molecule has 3 heterocycles. The van der Waals surface area contributed by atoms with Crippen LogP contribution in [0.4, 0.5) is 5.82 Å². The quantitative estimate of drug-likeness (QED) is 0.711. The highest BCUT2D eigenvalue weighted by molar-refractivity contribution is 5.44. The van der Waals surface area contributed by atoms with Crippen LogP contribution in [-0.4, -0.2) is 35.7 Å². The normalized spacial score (nSPS) is 11.1. The summed E-state index contributed by atoms with van der Waals surface area (Å²) in [5, 5.41) is 7.55. The molecule has 3 aromatic heterocycles. The van der Waals surface area contributed by atoms with Crippen LogP contribution >= 0.6 is 0 Å². The maximum atomic E-state index is 4.31. The van der Waals surface area contributed by atoms with Crippen molar-refractivity contribution in [1.29, 1.82) is 0 Å². The fourth-order valence-electron chi connectivity index (χ4n) is 2.16. The molecule has 0 aromatic carbocycles. The van der Waals surface area contributed by atoms with Crippen LogP contribution in [0.1, 0.15) is 17.9 Å². The summed E-state index contributed by atoms with van der Waals surface area (Å²) in [6, 6.07) is 1.98. The summed E-state index contributed by atoms with van der Waals surface area (Å²) < 4.78 is 3.86. The Kier molecular flexibility index (Phi) is 3.32. The average molecular weight is 271 g/mol. The third-order valence-corrected chi connectivity index (χ3v) is 3.19. The van der Waals surface area contributed by atoms with Crippen molar-refractivity contribution in [2.45, 2.75) is 26.8 Å². The lowest BCUT2D eigenvalue weighted by molar-refractivity contribution is 0.641. The molecule has 20 heavy (non-hydrogen) atoms. The fraction of sp³-hybridized carbons (Fsp3) is 0.385. The van der Waals surface area contributed by atoms with Gasteiger partial charge in [0.15, 0.2) is 0 Å². The Labute approximate surface area is 116 Å². The molecule has 0 unspecified atom stereocenters. The minimum Gasteiger partial charge on any atom is -0.370 e. The summed E-state index contributed by atoms with van der Waals surface area (Å²) in [5.74, 6) is 2.59. The van der Waals surface area contributed by atoms with Crippen LogP contribution in [0.5, 0.6) is 0 Å². The first kappa shape index (κ1) is 12.6. The Morgan fingerprint density at radius 1 is 1.25 bits per heavy atom. The number of aryl methyl sites for hydroxylation is 3. The SMILES string of the molecule is Cc1cc(NCCCn2ccnc2C)n2ncnc2n1. The van der Waals surface area contributed by atoms with E-state index in [1.807, 2.05) is 32.3 Å². The van der Waals surface area contributed by atoms with E-state index >= 15 is 0 Å². The van der Waals surface area contributed by atoms with E-state index in [9.17, 15) is 0 Å². The lowest BCUT2D eigenvalue weighted by atomic mass is 10.4. The fourth-order valence-corrected chi connectivity index (χ4v) is 2.16. The van der Waals surface area contributed by atoms with E-state index in [0.717, 1.165) is 36.8 Å². The van der Waals surface area contributed by atoms with Gasteiger partial charge in [-0.05, 0) is 20.3 Å².